The Bertz CT molecular complexity index is 3290. The molecule has 0 amide bonds. The van der Waals surface area contributed by atoms with Crippen molar-refractivity contribution in [3.05, 3.63) is 180 Å². The van der Waals surface area contributed by atoms with Crippen LogP contribution in [0, 0.1) is 12.3 Å². The Kier molecular flexibility index (Phi) is 8.62. The number of hydrogen-bond acceptors (Lipinski definition) is 8. The Hall–Kier alpha value is -7.00. The smallest absolute Gasteiger partial charge is 0.164 e. The summed E-state index contributed by atoms with van der Waals surface area (Å²) in [6, 6.07) is 55.0. The van der Waals surface area contributed by atoms with Crippen molar-refractivity contribution in [1.82, 2.24) is 15.0 Å². The second-order valence-electron chi connectivity index (χ2n) is 13.8. The van der Waals surface area contributed by atoms with Gasteiger partial charge in [-0.25, -0.2) is 15.0 Å². The number of nitrogens with two attached hydrogens (primary N) is 1. The van der Waals surface area contributed by atoms with E-state index < -0.39 is 0 Å². The highest BCUT2D eigenvalue weighted by Gasteiger charge is 2.19. The molecule has 0 aliphatic heterocycles. The molecule has 0 unspecified atom stereocenters. The molecule has 0 aliphatic carbocycles. The van der Waals surface area contributed by atoms with E-state index in [0.29, 0.717) is 28.9 Å². The van der Waals surface area contributed by atoms with Gasteiger partial charge in [-0.15, -0.1) is 22.7 Å². The average molecular weight is 772 g/mol. The predicted molar refractivity (Wildman–Crippen MR) is 240 cm³/mol. The van der Waals surface area contributed by atoms with E-state index in [1.54, 1.807) is 22.7 Å². The van der Waals surface area contributed by atoms with Crippen molar-refractivity contribution in [3.8, 4) is 34.2 Å². The number of anilines is 1. The number of rotatable bonds is 5. The summed E-state index contributed by atoms with van der Waals surface area (Å²) in [6.07, 6.45) is 0. The second kappa shape index (κ2) is 14.3. The first-order valence-corrected chi connectivity index (χ1v) is 20.2. The number of nitrogens with zero attached hydrogens (tertiary/aromatic N) is 3. The molecule has 0 spiro atoms. The van der Waals surface area contributed by atoms with Crippen LogP contribution in [0.5, 0.6) is 0 Å². The summed E-state index contributed by atoms with van der Waals surface area (Å²) in [5, 5.41) is 14.0. The van der Waals surface area contributed by atoms with Gasteiger partial charge in [0.05, 0.1) is 16.3 Å². The van der Waals surface area contributed by atoms with Crippen molar-refractivity contribution < 1.29 is 4.42 Å². The van der Waals surface area contributed by atoms with Gasteiger partial charge in [-0.3, -0.25) is 5.41 Å². The Morgan fingerprint density at radius 2 is 1.14 bits per heavy atom. The van der Waals surface area contributed by atoms with E-state index in [1.807, 2.05) is 109 Å². The van der Waals surface area contributed by atoms with Crippen molar-refractivity contribution in [2.45, 2.75) is 6.92 Å². The van der Waals surface area contributed by atoms with Gasteiger partial charge in [0.1, 0.15) is 11.2 Å². The van der Waals surface area contributed by atoms with Crippen LogP contribution in [0.25, 0.3) is 86.4 Å². The summed E-state index contributed by atoms with van der Waals surface area (Å²) >= 11 is 3.38. The highest BCUT2D eigenvalue weighted by molar-refractivity contribution is 7.26. The molecule has 0 bridgehead atoms. The number of thiophene rings is 2. The molecular weight excluding hydrogens is 739 g/mol. The summed E-state index contributed by atoms with van der Waals surface area (Å²) in [5.41, 5.74) is 14.0. The largest absolute Gasteiger partial charge is 0.456 e. The van der Waals surface area contributed by atoms with E-state index in [2.05, 4.69) is 61.5 Å². The van der Waals surface area contributed by atoms with Gasteiger partial charge in [0.2, 0.25) is 0 Å². The zero-order valence-electron chi connectivity index (χ0n) is 30.7. The minimum Gasteiger partial charge on any atom is -0.456 e. The Morgan fingerprint density at radius 3 is 1.93 bits per heavy atom. The molecule has 8 heteroatoms. The Labute approximate surface area is 336 Å². The van der Waals surface area contributed by atoms with Crippen LogP contribution in [-0.4, -0.2) is 20.7 Å². The molecular formula is C49H33N5OS2. The van der Waals surface area contributed by atoms with Gasteiger partial charge in [-0.05, 0) is 48.9 Å². The van der Waals surface area contributed by atoms with E-state index in [9.17, 15) is 0 Å². The van der Waals surface area contributed by atoms with Crippen LogP contribution in [-0.2, 0) is 0 Å². The average Bonchev–Trinajstić information content (AvgIpc) is 3.95. The molecule has 0 fully saturated rings. The van der Waals surface area contributed by atoms with Gasteiger partial charge in [0.15, 0.2) is 17.5 Å². The highest BCUT2D eigenvalue weighted by Crippen LogP contribution is 2.41. The lowest BCUT2D eigenvalue weighted by Gasteiger charge is -2.10. The summed E-state index contributed by atoms with van der Waals surface area (Å²) < 4.78 is 9.81. The predicted octanol–water partition coefficient (Wildman–Crippen LogP) is 13.3. The number of nitrogen functional groups attached to an aromatic ring is 1. The third-order valence-corrected chi connectivity index (χ3v) is 12.5. The topological polar surface area (TPSA) is 102 Å². The van der Waals surface area contributed by atoms with Crippen molar-refractivity contribution in [2.24, 2.45) is 0 Å². The van der Waals surface area contributed by atoms with E-state index in [-0.39, 0.29) is 0 Å². The number of para-hydroxylation sites is 1. The first kappa shape index (κ1) is 34.5. The van der Waals surface area contributed by atoms with Gasteiger partial charge in [-0.1, -0.05) is 127 Å². The number of fused-ring (bicyclic) bond motifs is 7. The summed E-state index contributed by atoms with van der Waals surface area (Å²) in [6.45, 7) is 2.17. The van der Waals surface area contributed by atoms with Crippen LogP contribution < -0.4 is 5.73 Å². The fraction of sp³-hybridized carbons (Fsp3) is 0.0204. The first-order chi connectivity index (χ1) is 28.0. The van der Waals surface area contributed by atoms with Crippen LogP contribution in [0.3, 0.4) is 0 Å². The van der Waals surface area contributed by atoms with Gasteiger partial charge in [-0.2, -0.15) is 0 Å². The van der Waals surface area contributed by atoms with Crippen molar-refractivity contribution in [3.63, 3.8) is 0 Å². The zero-order chi connectivity index (χ0) is 38.5. The quantitative estimate of drug-likeness (QED) is 0.170. The molecule has 4 aromatic heterocycles. The minimum absolute atomic E-state index is 0.495. The maximum Gasteiger partial charge on any atom is 0.164 e. The highest BCUT2D eigenvalue weighted by atomic mass is 32.1. The molecule has 0 radical (unpaired) electrons. The number of furan rings is 1. The third kappa shape index (κ3) is 6.21. The maximum atomic E-state index is 8.27. The molecule has 0 atom stereocenters. The number of aromatic nitrogens is 3. The second-order valence-corrected chi connectivity index (χ2v) is 15.9. The normalized spacial score (nSPS) is 11.4. The Balaban J connectivity index is 0.000000184. The number of benzene rings is 7. The number of aryl methyl sites for hydroxylation is 1. The monoisotopic (exact) mass is 771 g/mol. The molecule has 57 heavy (non-hydrogen) atoms. The SMILES string of the molecule is Cc1cccc2sc3cccc(-c4nc(-c5ccccc5)nc(-c5ccc6c(c5)oc5ccccc56)n4)c3c12.N=C(c1ccccc1)c1sc2ccccc2c1N. The molecule has 0 saturated heterocycles. The fourth-order valence-electron chi connectivity index (χ4n) is 7.42. The van der Waals surface area contributed by atoms with E-state index in [4.69, 9.17) is 30.5 Å². The standard InChI is InChI=1S/C34H21N3OS.C15H12N2S/c1-20-9-7-15-28-30(20)31-25(13-8-16-29(31)39-28)34-36-32(21-10-3-2-4-11-21)35-33(37-34)22-17-18-24-23-12-5-6-14-26(23)38-27(24)19-22;16-13(10-6-2-1-3-7-10)15-14(17)11-8-4-5-9-12(11)18-15/h2-19H,1H3;1-9,16H,17H2. The molecule has 0 saturated carbocycles. The van der Waals surface area contributed by atoms with E-state index in [1.165, 1.54) is 25.7 Å². The van der Waals surface area contributed by atoms with Gasteiger partial charge < -0.3 is 10.2 Å². The minimum atomic E-state index is 0.495. The third-order valence-electron chi connectivity index (χ3n) is 10.2. The molecule has 7 aromatic carbocycles. The summed E-state index contributed by atoms with van der Waals surface area (Å²) in [5.74, 6) is 1.93. The zero-order valence-corrected chi connectivity index (χ0v) is 32.4. The lowest BCUT2D eigenvalue weighted by molar-refractivity contribution is 0.669. The Morgan fingerprint density at radius 1 is 0.526 bits per heavy atom. The molecule has 4 heterocycles. The molecule has 0 aliphatic rings. The fourth-order valence-corrected chi connectivity index (χ4v) is 9.72. The molecule has 11 rings (SSSR count). The van der Waals surface area contributed by atoms with Crippen LogP contribution in [0.15, 0.2) is 168 Å². The molecule has 6 nitrogen and oxygen atoms in total. The van der Waals surface area contributed by atoms with Gasteiger partial charge in [0, 0.05) is 63.3 Å². The molecule has 11 aromatic rings. The van der Waals surface area contributed by atoms with Crippen molar-refractivity contribution in [1.29, 1.82) is 5.41 Å². The van der Waals surface area contributed by atoms with Crippen LogP contribution in [0.4, 0.5) is 5.69 Å². The van der Waals surface area contributed by atoms with Crippen LogP contribution in [0.2, 0.25) is 0 Å². The molecule has 272 valence electrons. The first-order valence-electron chi connectivity index (χ1n) is 18.6. The maximum absolute atomic E-state index is 8.27. The lowest BCUT2D eigenvalue weighted by atomic mass is 10.0. The van der Waals surface area contributed by atoms with Crippen LogP contribution >= 0.6 is 22.7 Å². The number of hydrogen-bond donors (Lipinski definition) is 2. The van der Waals surface area contributed by atoms with Crippen molar-refractivity contribution >= 4 is 86.3 Å². The van der Waals surface area contributed by atoms with Gasteiger partial charge in [0.25, 0.3) is 0 Å². The van der Waals surface area contributed by atoms with Gasteiger partial charge >= 0.3 is 0 Å². The van der Waals surface area contributed by atoms with Crippen molar-refractivity contribution in [2.75, 3.05) is 5.73 Å². The van der Waals surface area contributed by atoms with E-state index in [0.717, 1.165) is 59.2 Å². The lowest BCUT2D eigenvalue weighted by Crippen LogP contribution is -2.01. The summed E-state index contributed by atoms with van der Waals surface area (Å²) in [4.78, 5) is 15.9. The van der Waals surface area contributed by atoms with E-state index >= 15 is 0 Å². The number of nitrogens with one attached hydrogen (secondary N) is 1. The van der Waals surface area contributed by atoms with Crippen LogP contribution in [0.1, 0.15) is 16.0 Å². The summed E-state index contributed by atoms with van der Waals surface area (Å²) in [7, 11) is 0. The molecule has 3 N–H and O–H groups in total.